The van der Waals surface area contributed by atoms with E-state index in [1.165, 1.54) is 0 Å². The molecule has 0 fully saturated rings. The van der Waals surface area contributed by atoms with Crippen molar-refractivity contribution in [3.05, 3.63) is 29.5 Å². The molecule has 1 aromatic heterocycles. The number of nitrogens with two attached hydrogens (primary N) is 1. The number of aromatic amines is 1. The Labute approximate surface area is 98.0 Å². The normalized spacial score (nSPS) is 13.6. The second-order valence-electron chi connectivity index (χ2n) is 4.27. The number of benzene rings is 1. The minimum absolute atomic E-state index is 0.0221. The van der Waals surface area contributed by atoms with Crippen molar-refractivity contribution in [2.75, 3.05) is 11.1 Å². The van der Waals surface area contributed by atoms with Gasteiger partial charge in [-0.1, -0.05) is 11.6 Å². The number of carbonyl (C=O) groups excluding carboxylic acids is 1. The molecule has 5 heteroatoms. The highest BCUT2D eigenvalue weighted by atomic mass is 16.1. The van der Waals surface area contributed by atoms with Gasteiger partial charge in [0.1, 0.15) is 5.82 Å². The van der Waals surface area contributed by atoms with E-state index in [1.807, 2.05) is 19.1 Å². The molecule has 0 aliphatic carbocycles. The summed E-state index contributed by atoms with van der Waals surface area (Å²) in [6, 6.07) is 4.03. The van der Waals surface area contributed by atoms with E-state index in [1.54, 1.807) is 6.20 Å². The maximum absolute atomic E-state index is 11.5. The summed E-state index contributed by atoms with van der Waals surface area (Å²) in [5, 5.41) is 9.49. The van der Waals surface area contributed by atoms with Crippen molar-refractivity contribution in [2.45, 2.75) is 13.3 Å². The molecule has 5 nitrogen and oxygen atoms in total. The number of fused-ring (bicyclic) bond motifs is 1. The summed E-state index contributed by atoms with van der Waals surface area (Å²) in [4.78, 5) is 11.5. The van der Waals surface area contributed by atoms with E-state index in [0.29, 0.717) is 12.2 Å². The van der Waals surface area contributed by atoms with Crippen molar-refractivity contribution in [3.8, 4) is 11.1 Å². The fourth-order valence-corrected chi connectivity index (χ4v) is 2.23. The lowest BCUT2D eigenvalue weighted by atomic mass is 9.99. The lowest BCUT2D eigenvalue weighted by molar-refractivity contribution is -0.115. The maximum Gasteiger partial charge on any atom is 0.228 e. The molecule has 2 heterocycles. The minimum Gasteiger partial charge on any atom is -0.384 e. The third kappa shape index (κ3) is 1.47. The summed E-state index contributed by atoms with van der Waals surface area (Å²) in [5.74, 6) is 0.535. The molecule has 0 unspecified atom stereocenters. The molecule has 3 rings (SSSR count). The first-order valence-corrected chi connectivity index (χ1v) is 5.38. The van der Waals surface area contributed by atoms with Gasteiger partial charge in [0, 0.05) is 11.1 Å². The summed E-state index contributed by atoms with van der Waals surface area (Å²) < 4.78 is 0. The van der Waals surface area contributed by atoms with E-state index >= 15 is 0 Å². The van der Waals surface area contributed by atoms with Gasteiger partial charge in [0.15, 0.2) is 0 Å². The van der Waals surface area contributed by atoms with Crippen LogP contribution < -0.4 is 11.1 Å². The molecule has 0 spiro atoms. The molecular weight excluding hydrogens is 216 g/mol. The zero-order valence-electron chi connectivity index (χ0n) is 9.37. The number of hydrogen-bond acceptors (Lipinski definition) is 3. The number of amides is 1. The highest BCUT2D eigenvalue weighted by Gasteiger charge is 2.23. The number of hydrogen-bond donors (Lipinski definition) is 3. The Kier molecular flexibility index (Phi) is 1.95. The highest BCUT2D eigenvalue weighted by molar-refractivity contribution is 6.04. The average molecular weight is 228 g/mol. The van der Waals surface area contributed by atoms with Crippen LogP contribution in [0, 0.1) is 6.92 Å². The first-order valence-electron chi connectivity index (χ1n) is 5.38. The van der Waals surface area contributed by atoms with Crippen molar-refractivity contribution in [3.63, 3.8) is 0 Å². The van der Waals surface area contributed by atoms with Gasteiger partial charge >= 0.3 is 0 Å². The standard InChI is InChI=1S/C12H12N4O/c1-6-2-7-4-10(17)15-11(7)8(3-6)9-5-14-16-12(9)13/h2-3,5H,4H2,1H3,(H,15,17)(H3,13,14,16). The summed E-state index contributed by atoms with van der Waals surface area (Å²) in [6.45, 7) is 2.00. The number of nitrogens with zero attached hydrogens (tertiary/aromatic N) is 1. The number of aryl methyl sites for hydroxylation is 1. The molecule has 2 aromatic rings. The third-order valence-electron chi connectivity index (χ3n) is 2.94. The first kappa shape index (κ1) is 9.89. The van der Waals surface area contributed by atoms with Crippen molar-refractivity contribution in [1.82, 2.24) is 10.2 Å². The molecule has 0 saturated carbocycles. The molecule has 0 saturated heterocycles. The Hall–Kier alpha value is -2.30. The van der Waals surface area contributed by atoms with Gasteiger partial charge in [-0.15, -0.1) is 0 Å². The monoisotopic (exact) mass is 228 g/mol. The molecule has 0 bridgehead atoms. The Morgan fingerprint density at radius 3 is 2.88 bits per heavy atom. The number of carbonyl (C=O) groups is 1. The first-order chi connectivity index (χ1) is 8.15. The quantitative estimate of drug-likeness (QED) is 0.691. The van der Waals surface area contributed by atoms with E-state index in [-0.39, 0.29) is 5.91 Å². The summed E-state index contributed by atoms with van der Waals surface area (Å²) in [5.41, 5.74) is 10.6. The van der Waals surface area contributed by atoms with Crippen LogP contribution in [0.15, 0.2) is 18.3 Å². The average Bonchev–Trinajstić information content (AvgIpc) is 2.82. The van der Waals surface area contributed by atoms with Crippen LogP contribution >= 0.6 is 0 Å². The lowest BCUT2D eigenvalue weighted by Crippen LogP contribution is -2.04. The van der Waals surface area contributed by atoms with Crippen LogP contribution in [0.25, 0.3) is 11.1 Å². The third-order valence-corrected chi connectivity index (χ3v) is 2.94. The molecule has 1 aliphatic rings. The molecular formula is C12H12N4O. The van der Waals surface area contributed by atoms with Crippen molar-refractivity contribution in [1.29, 1.82) is 0 Å². The van der Waals surface area contributed by atoms with Crippen molar-refractivity contribution in [2.24, 2.45) is 0 Å². The zero-order valence-corrected chi connectivity index (χ0v) is 9.37. The SMILES string of the molecule is Cc1cc2c(c(-c3cn[nH]c3N)c1)NC(=O)C2. The highest BCUT2D eigenvalue weighted by Crippen LogP contribution is 2.37. The molecule has 1 aromatic carbocycles. The summed E-state index contributed by atoms with van der Waals surface area (Å²) in [7, 11) is 0. The van der Waals surface area contributed by atoms with Gasteiger partial charge in [0.05, 0.1) is 18.3 Å². The van der Waals surface area contributed by atoms with Crippen molar-refractivity contribution < 1.29 is 4.79 Å². The number of nitrogen functional groups attached to an aromatic ring is 1. The summed E-state index contributed by atoms with van der Waals surface area (Å²) in [6.07, 6.45) is 2.11. The fraction of sp³-hybridized carbons (Fsp3) is 0.167. The largest absolute Gasteiger partial charge is 0.384 e. The predicted octanol–water partition coefficient (Wildman–Crippen LogP) is 1.46. The number of nitrogens with one attached hydrogen (secondary N) is 2. The Bertz CT molecular complexity index is 615. The van der Waals surface area contributed by atoms with E-state index in [9.17, 15) is 4.79 Å². The Morgan fingerprint density at radius 1 is 1.35 bits per heavy atom. The van der Waals surface area contributed by atoms with Crippen LogP contribution in [0.1, 0.15) is 11.1 Å². The number of rotatable bonds is 1. The fourth-order valence-electron chi connectivity index (χ4n) is 2.23. The van der Waals surface area contributed by atoms with Gasteiger partial charge in [-0.25, -0.2) is 0 Å². The number of anilines is 2. The molecule has 1 amide bonds. The molecule has 1 aliphatic heterocycles. The van der Waals surface area contributed by atoms with Gasteiger partial charge in [0.25, 0.3) is 0 Å². The number of H-pyrrole nitrogens is 1. The Morgan fingerprint density at radius 2 is 2.18 bits per heavy atom. The molecule has 0 radical (unpaired) electrons. The Balaban J connectivity index is 2.25. The summed E-state index contributed by atoms with van der Waals surface area (Å²) >= 11 is 0. The second kappa shape index (κ2) is 3.35. The lowest BCUT2D eigenvalue weighted by Gasteiger charge is -2.08. The van der Waals surface area contributed by atoms with Gasteiger partial charge in [0.2, 0.25) is 5.91 Å². The van der Waals surface area contributed by atoms with E-state index in [0.717, 1.165) is 27.9 Å². The van der Waals surface area contributed by atoms with Gasteiger partial charge in [-0.05, 0) is 18.6 Å². The predicted molar refractivity (Wildman–Crippen MR) is 65.5 cm³/mol. The molecule has 86 valence electrons. The van der Waals surface area contributed by atoms with Crippen molar-refractivity contribution >= 4 is 17.4 Å². The maximum atomic E-state index is 11.5. The molecule has 4 N–H and O–H groups in total. The van der Waals surface area contributed by atoms with Crippen LogP contribution in [-0.4, -0.2) is 16.1 Å². The van der Waals surface area contributed by atoms with Gasteiger partial charge in [-0.3, -0.25) is 9.89 Å². The second-order valence-corrected chi connectivity index (χ2v) is 4.27. The zero-order chi connectivity index (χ0) is 12.0. The van der Waals surface area contributed by atoms with Crippen LogP contribution in [-0.2, 0) is 11.2 Å². The van der Waals surface area contributed by atoms with Gasteiger partial charge in [-0.2, -0.15) is 5.10 Å². The van der Waals surface area contributed by atoms with E-state index in [4.69, 9.17) is 5.73 Å². The van der Waals surface area contributed by atoms with E-state index < -0.39 is 0 Å². The smallest absolute Gasteiger partial charge is 0.228 e. The minimum atomic E-state index is 0.0221. The van der Waals surface area contributed by atoms with Gasteiger partial charge < -0.3 is 11.1 Å². The van der Waals surface area contributed by atoms with E-state index in [2.05, 4.69) is 15.5 Å². The van der Waals surface area contributed by atoms with Crippen LogP contribution in [0.2, 0.25) is 0 Å². The van der Waals surface area contributed by atoms with Crippen LogP contribution in [0.4, 0.5) is 11.5 Å². The van der Waals surface area contributed by atoms with Crippen LogP contribution in [0.5, 0.6) is 0 Å². The molecule has 17 heavy (non-hydrogen) atoms. The molecule has 0 atom stereocenters. The van der Waals surface area contributed by atoms with Crippen LogP contribution in [0.3, 0.4) is 0 Å². The number of aromatic nitrogens is 2. The topological polar surface area (TPSA) is 83.8 Å².